The molecular formula is C12H12BrN3O2S. The molecule has 0 radical (unpaired) electrons. The second-order valence-corrected chi connectivity index (χ2v) is 5.80. The van der Waals surface area contributed by atoms with E-state index in [9.17, 15) is 4.79 Å². The minimum absolute atomic E-state index is 0.0268. The molecule has 0 saturated carbocycles. The number of thioether (sulfide) groups is 1. The Morgan fingerprint density at radius 3 is 2.95 bits per heavy atom. The summed E-state index contributed by atoms with van der Waals surface area (Å²) in [4.78, 5) is 14.9. The van der Waals surface area contributed by atoms with Gasteiger partial charge in [0.25, 0.3) is 0 Å². The van der Waals surface area contributed by atoms with Crippen LogP contribution in [0.3, 0.4) is 0 Å². The van der Waals surface area contributed by atoms with Crippen molar-refractivity contribution in [3.05, 3.63) is 28.2 Å². The van der Waals surface area contributed by atoms with Crippen molar-refractivity contribution in [2.45, 2.75) is 12.1 Å². The van der Waals surface area contributed by atoms with Crippen molar-refractivity contribution in [2.75, 3.05) is 5.75 Å². The quantitative estimate of drug-likeness (QED) is 0.866. The zero-order valence-corrected chi connectivity index (χ0v) is 12.8. The number of hydrogen-bond acceptors (Lipinski definition) is 4. The van der Waals surface area contributed by atoms with Crippen LogP contribution in [0.1, 0.15) is 5.56 Å². The van der Waals surface area contributed by atoms with E-state index < -0.39 is 5.97 Å². The molecule has 0 atom stereocenters. The first-order valence-corrected chi connectivity index (χ1v) is 7.27. The summed E-state index contributed by atoms with van der Waals surface area (Å²) in [5.41, 5.74) is 2.02. The van der Waals surface area contributed by atoms with Gasteiger partial charge in [0.1, 0.15) is 0 Å². The summed E-state index contributed by atoms with van der Waals surface area (Å²) in [6.07, 6.45) is 0. The van der Waals surface area contributed by atoms with Gasteiger partial charge in [0.15, 0.2) is 11.0 Å². The van der Waals surface area contributed by atoms with Gasteiger partial charge in [-0.3, -0.25) is 4.79 Å². The Kier molecular flexibility index (Phi) is 4.26. The van der Waals surface area contributed by atoms with Crippen molar-refractivity contribution >= 4 is 33.7 Å². The molecule has 2 aromatic rings. The Hall–Kier alpha value is -1.34. The lowest BCUT2D eigenvalue weighted by Crippen LogP contribution is -2.00. The van der Waals surface area contributed by atoms with E-state index in [4.69, 9.17) is 5.11 Å². The van der Waals surface area contributed by atoms with Crippen LogP contribution in [0.25, 0.3) is 11.4 Å². The van der Waals surface area contributed by atoms with E-state index in [1.54, 1.807) is 11.7 Å². The van der Waals surface area contributed by atoms with Crippen LogP contribution < -0.4 is 0 Å². The molecule has 0 aliphatic heterocycles. The lowest BCUT2D eigenvalue weighted by Gasteiger charge is -2.00. The molecule has 1 N–H and O–H groups in total. The van der Waals surface area contributed by atoms with E-state index in [0.29, 0.717) is 11.0 Å². The Labute approximate surface area is 123 Å². The minimum atomic E-state index is -0.869. The van der Waals surface area contributed by atoms with Gasteiger partial charge in [0, 0.05) is 17.1 Å². The molecule has 1 heterocycles. The number of nitrogens with zero attached hydrogens (tertiary/aromatic N) is 3. The summed E-state index contributed by atoms with van der Waals surface area (Å²) in [7, 11) is 1.75. The van der Waals surface area contributed by atoms with Crippen LogP contribution >= 0.6 is 27.7 Å². The molecule has 19 heavy (non-hydrogen) atoms. The first-order valence-electron chi connectivity index (χ1n) is 5.49. The molecule has 0 spiro atoms. The number of aryl methyl sites for hydroxylation is 2. The minimum Gasteiger partial charge on any atom is -0.481 e. The van der Waals surface area contributed by atoms with Gasteiger partial charge < -0.3 is 5.11 Å². The first-order chi connectivity index (χ1) is 8.97. The summed E-state index contributed by atoms with van der Waals surface area (Å²) >= 11 is 4.63. The highest BCUT2D eigenvalue weighted by molar-refractivity contribution is 9.10. The monoisotopic (exact) mass is 341 g/mol. The molecule has 7 heteroatoms. The molecule has 100 valence electrons. The lowest BCUT2D eigenvalue weighted by atomic mass is 10.1. The van der Waals surface area contributed by atoms with Crippen molar-refractivity contribution < 1.29 is 9.90 Å². The van der Waals surface area contributed by atoms with E-state index in [0.717, 1.165) is 27.4 Å². The van der Waals surface area contributed by atoms with Crippen LogP contribution in [0, 0.1) is 6.92 Å². The highest BCUT2D eigenvalue weighted by Crippen LogP contribution is 2.28. The van der Waals surface area contributed by atoms with Crippen LogP contribution in [0.5, 0.6) is 0 Å². The van der Waals surface area contributed by atoms with Crippen molar-refractivity contribution in [3.8, 4) is 11.4 Å². The molecule has 0 fully saturated rings. The second-order valence-electron chi connectivity index (χ2n) is 4.01. The maximum Gasteiger partial charge on any atom is 0.313 e. The van der Waals surface area contributed by atoms with Gasteiger partial charge in [-0.05, 0) is 19.1 Å². The van der Waals surface area contributed by atoms with Crippen molar-refractivity contribution in [1.29, 1.82) is 0 Å². The fraction of sp³-hybridized carbons (Fsp3) is 0.250. The molecule has 1 aromatic carbocycles. The van der Waals surface area contributed by atoms with Gasteiger partial charge >= 0.3 is 5.97 Å². The number of benzene rings is 1. The molecule has 0 aliphatic rings. The zero-order chi connectivity index (χ0) is 14.0. The predicted octanol–water partition coefficient (Wildman–Crippen LogP) is 2.73. The third-order valence-corrected chi connectivity index (χ3v) is 4.11. The highest BCUT2D eigenvalue weighted by Gasteiger charge is 2.13. The smallest absolute Gasteiger partial charge is 0.313 e. The van der Waals surface area contributed by atoms with E-state index in [2.05, 4.69) is 26.0 Å². The van der Waals surface area contributed by atoms with E-state index in [-0.39, 0.29) is 5.75 Å². The van der Waals surface area contributed by atoms with Crippen molar-refractivity contribution in [1.82, 2.24) is 14.8 Å². The van der Waals surface area contributed by atoms with Crippen LogP contribution in [-0.4, -0.2) is 31.6 Å². The van der Waals surface area contributed by atoms with Gasteiger partial charge in [-0.1, -0.05) is 39.3 Å². The van der Waals surface area contributed by atoms with Gasteiger partial charge in [0.2, 0.25) is 0 Å². The molecule has 1 aromatic heterocycles. The average molecular weight is 342 g/mol. The van der Waals surface area contributed by atoms with Crippen LogP contribution in [0.15, 0.2) is 27.8 Å². The van der Waals surface area contributed by atoms with Crippen molar-refractivity contribution in [2.24, 2.45) is 7.05 Å². The molecule has 0 saturated heterocycles. The van der Waals surface area contributed by atoms with E-state index in [1.165, 1.54) is 0 Å². The molecule has 2 rings (SSSR count). The third-order valence-electron chi connectivity index (χ3n) is 2.41. The third kappa shape index (κ3) is 3.36. The molecule has 0 bridgehead atoms. The van der Waals surface area contributed by atoms with Gasteiger partial charge in [-0.2, -0.15) is 5.10 Å². The average Bonchev–Trinajstić information content (AvgIpc) is 2.71. The van der Waals surface area contributed by atoms with E-state index in [1.807, 2.05) is 25.1 Å². The zero-order valence-electron chi connectivity index (χ0n) is 10.4. The number of carboxylic acid groups (broad SMARTS) is 1. The largest absolute Gasteiger partial charge is 0.481 e. The number of carboxylic acids is 1. The number of hydrogen-bond donors (Lipinski definition) is 1. The maximum atomic E-state index is 10.6. The van der Waals surface area contributed by atoms with E-state index >= 15 is 0 Å². The standard InChI is InChI=1S/C12H12BrN3O2S/c1-7-3-4-9(13)8(5-7)11-14-12(16(2)15-11)19-6-10(17)18/h3-5H,6H2,1-2H3,(H,17,18). The Morgan fingerprint density at radius 1 is 1.53 bits per heavy atom. The molecule has 0 aliphatic carbocycles. The number of aromatic nitrogens is 3. The summed E-state index contributed by atoms with van der Waals surface area (Å²) in [5, 5.41) is 13.6. The number of carbonyl (C=O) groups is 1. The van der Waals surface area contributed by atoms with Gasteiger partial charge in [0.05, 0.1) is 5.75 Å². The summed E-state index contributed by atoms with van der Waals surface area (Å²) in [6, 6.07) is 5.94. The topological polar surface area (TPSA) is 68.0 Å². The lowest BCUT2D eigenvalue weighted by molar-refractivity contribution is -0.133. The number of aliphatic carboxylic acids is 1. The SMILES string of the molecule is Cc1ccc(Br)c(-c2nc(SCC(=O)O)n(C)n2)c1. The number of halogens is 1. The number of rotatable bonds is 4. The molecule has 5 nitrogen and oxygen atoms in total. The van der Waals surface area contributed by atoms with Crippen molar-refractivity contribution in [3.63, 3.8) is 0 Å². The fourth-order valence-corrected chi connectivity index (χ4v) is 2.60. The highest BCUT2D eigenvalue weighted by atomic mass is 79.9. The summed E-state index contributed by atoms with van der Waals surface area (Å²) in [5.74, 6) is -0.307. The Bertz CT molecular complexity index is 627. The van der Waals surface area contributed by atoms with Crippen LogP contribution in [0.2, 0.25) is 0 Å². The fourth-order valence-electron chi connectivity index (χ4n) is 1.55. The predicted molar refractivity (Wildman–Crippen MR) is 77.2 cm³/mol. The summed E-state index contributed by atoms with van der Waals surface area (Å²) in [6.45, 7) is 2.00. The molecular weight excluding hydrogens is 330 g/mol. The maximum absolute atomic E-state index is 10.6. The van der Waals surface area contributed by atoms with Gasteiger partial charge in [-0.15, -0.1) is 0 Å². The van der Waals surface area contributed by atoms with Gasteiger partial charge in [-0.25, -0.2) is 9.67 Å². The Balaban J connectivity index is 2.33. The first kappa shape index (κ1) is 14.1. The normalized spacial score (nSPS) is 10.7. The van der Waals surface area contributed by atoms with Crippen LogP contribution in [0.4, 0.5) is 0 Å². The molecule has 0 amide bonds. The summed E-state index contributed by atoms with van der Waals surface area (Å²) < 4.78 is 2.51. The molecule has 0 unspecified atom stereocenters. The Morgan fingerprint density at radius 2 is 2.26 bits per heavy atom. The van der Waals surface area contributed by atoms with Crippen LogP contribution in [-0.2, 0) is 11.8 Å². The second kappa shape index (κ2) is 5.75.